The maximum Gasteiger partial charge on any atom is 0.525 e. The number of aliphatic hydroxyl groups excluding tert-OH is 3. The maximum absolute atomic E-state index is 11.8. The van der Waals surface area contributed by atoms with Gasteiger partial charge in [0.05, 0.1) is 0 Å². The van der Waals surface area contributed by atoms with Crippen LogP contribution in [0.15, 0.2) is 11.5 Å². The summed E-state index contributed by atoms with van der Waals surface area (Å²) in [6.45, 7) is 2.19. The predicted octanol–water partition coefficient (Wildman–Crippen LogP) is 2.71. The van der Waals surface area contributed by atoms with E-state index in [0.717, 1.165) is 25.7 Å². The van der Waals surface area contributed by atoms with Crippen molar-refractivity contribution >= 4 is 19.8 Å². The van der Waals surface area contributed by atoms with E-state index < -0.39 is 49.8 Å². The first kappa shape index (κ1) is 28.4. The van der Waals surface area contributed by atoms with E-state index in [1.54, 1.807) is 0 Å². The standard InChI is InChI=1S/C20H35O11P/c1-2-3-4-5-6-7-8-9-10-11-12-13-14(21)29-19(24)16(23)17-15(22)18(20(25)30-17)31-32(26,27)28/h16-17,19,22-24H,2-13H2,1H3,(H2,26,27,28)/t16-,17+,19?/m1/s1. The third-order valence-corrected chi connectivity index (χ3v) is 5.39. The van der Waals surface area contributed by atoms with Gasteiger partial charge in [0.15, 0.2) is 18.0 Å². The average Bonchev–Trinajstić information content (AvgIpc) is 2.98. The molecule has 1 rings (SSSR count). The molecule has 0 amide bonds. The number of rotatable bonds is 17. The highest BCUT2D eigenvalue weighted by Gasteiger charge is 2.46. The number of phosphoric ester groups is 1. The van der Waals surface area contributed by atoms with Gasteiger partial charge in [0, 0.05) is 6.42 Å². The number of aliphatic hydroxyl groups is 3. The lowest BCUT2D eigenvalue weighted by molar-refractivity contribution is -0.200. The minimum atomic E-state index is -5.17. The number of carbonyl (C=O) groups is 2. The van der Waals surface area contributed by atoms with Gasteiger partial charge in [-0.25, -0.2) is 9.36 Å². The van der Waals surface area contributed by atoms with Crippen LogP contribution in [-0.2, 0) is 28.2 Å². The molecule has 0 saturated carbocycles. The van der Waals surface area contributed by atoms with Gasteiger partial charge in [0.25, 0.3) is 5.76 Å². The Kier molecular flexibility index (Phi) is 12.9. The summed E-state index contributed by atoms with van der Waals surface area (Å²) in [5, 5.41) is 29.6. The SMILES string of the molecule is CCCCCCCCCCCCCC(=O)OC(O)[C@H](O)[C@H]1OC(=O)C(OP(=O)(O)O)=C1O. The Bertz CT molecular complexity index is 672. The van der Waals surface area contributed by atoms with Crippen molar-refractivity contribution in [2.45, 2.75) is 102 Å². The molecule has 0 bridgehead atoms. The zero-order valence-corrected chi connectivity index (χ0v) is 19.2. The van der Waals surface area contributed by atoms with Gasteiger partial charge >= 0.3 is 19.8 Å². The molecule has 0 aromatic rings. The largest absolute Gasteiger partial charge is 0.525 e. The lowest BCUT2D eigenvalue weighted by Crippen LogP contribution is -2.41. The Balaban J connectivity index is 2.26. The molecule has 0 radical (unpaired) electrons. The molecule has 1 aliphatic heterocycles. The molecule has 1 unspecified atom stereocenters. The molecule has 12 heteroatoms. The number of hydrogen-bond acceptors (Lipinski definition) is 9. The van der Waals surface area contributed by atoms with Crippen LogP contribution in [0.1, 0.15) is 84.0 Å². The molecule has 0 aromatic heterocycles. The summed E-state index contributed by atoms with van der Waals surface area (Å²) in [7, 11) is -5.17. The first-order valence-electron chi connectivity index (χ1n) is 11.0. The first-order chi connectivity index (χ1) is 15.1. The average molecular weight is 482 g/mol. The smallest absolute Gasteiger partial charge is 0.505 e. The summed E-state index contributed by atoms with van der Waals surface area (Å²) >= 11 is 0. The fourth-order valence-electron chi connectivity index (χ4n) is 3.24. The van der Waals surface area contributed by atoms with Crippen molar-refractivity contribution in [3.05, 3.63) is 11.5 Å². The highest BCUT2D eigenvalue weighted by molar-refractivity contribution is 7.46. The predicted molar refractivity (Wildman–Crippen MR) is 112 cm³/mol. The summed E-state index contributed by atoms with van der Waals surface area (Å²) in [6.07, 6.45) is 6.03. The highest BCUT2D eigenvalue weighted by atomic mass is 31.2. The summed E-state index contributed by atoms with van der Waals surface area (Å²) in [5.41, 5.74) is 0. The highest BCUT2D eigenvalue weighted by Crippen LogP contribution is 2.42. The molecule has 0 saturated heterocycles. The number of esters is 2. The Hall–Kier alpha value is -1.65. The normalized spacial score (nSPS) is 18.4. The van der Waals surface area contributed by atoms with Crippen molar-refractivity contribution in [3.63, 3.8) is 0 Å². The van der Waals surface area contributed by atoms with Crippen LogP contribution in [0.2, 0.25) is 0 Å². The van der Waals surface area contributed by atoms with Crippen molar-refractivity contribution in [1.29, 1.82) is 0 Å². The van der Waals surface area contributed by atoms with E-state index in [0.29, 0.717) is 6.42 Å². The number of carbonyl (C=O) groups excluding carboxylic acids is 2. The zero-order valence-electron chi connectivity index (χ0n) is 18.4. The van der Waals surface area contributed by atoms with E-state index in [9.17, 15) is 29.5 Å². The van der Waals surface area contributed by atoms with Crippen LogP contribution in [0.25, 0.3) is 0 Å². The van der Waals surface area contributed by atoms with Gasteiger partial charge in [0.1, 0.15) is 0 Å². The minimum absolute atomic E-state index is 0.0135. The molecule has 186 valence electrons. The molecule has 1 aliphatic rings. The molecule has 5 N–H and O–H groups in total. The van der Waals surface area contributed by atoms with Crippen molar-refractivity contribution in [3.8, 4) is 0 Å². The Labute approximate surface area is 187 Å². The van der Waals surface area contributed by atoms with Gasteiger partial charge in [-0.2, -0.15) is 0 Å². The van der Waals surface area contributed by atoms with Crippen LogP contribution >= 0.6 is 7.82 Å². The molecule has 1 heterocycles. The van der Waals surface area contributed by atoms with Gasteiger partial charge in [-0.05, 0) is 6.42 Å². The molecule has 32 heavy (non-hydrogen) atoms. The Morgan fingerprint density at radius 1 is 1.00 bits per heavy atom. The van der Waals surface area contributed by atoms with E-state index in [1.807, 2.05) is 0 Å². The van der Waals surface area contributed by atoms with Crippen LogP contribution in [0.4, 0.5) is 0 Å². The zero-order chi connectivity index (χ0) is 24.1. The molecule has 0 fully saturated rings. The third kappa shape index (κ3) is 10.8. The van der Waals surface area contributed by atoms with Crippen molar-refractivity contribution in [2.24, 2.45) is 0 Å². The third-order valence-electron chi connectivity index (χ3n) is 4.97. The topological polar surface area (TPSA) is 180 Å². The van der Waals surface area contributed by atoms with Gasteiger partial charge in [-0.1, -0.05) is 71.1 Å². The van der Waals surface area contributed by atoms with Crippen LogP contribution in [0.5, 0.6) is 0 Å². The summed E-state index contributed by atoms with van der Waals surface area (Å²) < 4.78 is 24.0. The lowest BCUT2D eigenvalue weighted by atomic mass is 10.1. The molecule has 0 aliphatic carbocycles. The van der Waals surface area contributed by atoms with Crippen LogP contribution in [0, 0.1) is 0 Å². The molecule has 0 spiro atoms. The number of ether oxygens (including phenoxy) is 2. The van der Waals surface area contributed by atoms with E-state index in [-0.39, 0.29) is 6.42 Å². The Morgan fingerprint density at radius 2 is 1.50 bits per heavy atom. The van der Waals surface area contributed by atoms with E-state index in [4.69, 9.17) is 9.79 Å². The van der Waals surface area contributed by atoms with Gasteiger partial charge < -0.3 is 29.3 Å². The van der Waals surface area contributed by atoms with Crippen LogP contribution < -0.4 is 0 Å². The van der Waals surface area contributed by atoms with Crippen molar-refractivity contribution in [2.75, 3.05) is 0 Å². The second kappa shape index (κ2) is 14.5. The minimum Gasteiger partial charge on any atom is -0.505 e. The second-order valence-electron chi connectivity index (χ2n) is 7.78. The van der Waals surface area contributed by atoms with Crippen LogP contribution in [0.3, 0.4) is 0 Å². The van der Waals surface area contributed by atoms with Crippen LogP contribution in [-0.4, -0.2) is 55.5 Å². The number of phosphoric acid groups is 1. The summed E-state index contributed by atoms with van der Waals surface area (Å²) in [5.74, 6) is -4.56. The quantitative estimate of drug-likeness (QED) is 0.0890. The van der Waals surface area contributed by atoms with Gasteiger partial charge in [-0.15, -0.1) is 0 Å². The van der Waals surface area contributed by atoms with Crippen molar-refractivity contribution in [1.82, 2.24) is 0 Å². The van der Waals surface area contributed by atoms with E-state index in [2.05, 4.69) is 20.9 Å². The number of cyclic esters (lactones) is 1. The fourth-order valence-corrected chi connectivity index (χ4v) is 3.65. The molecule has 11 nitrogen and oxygen atoms in total. The lowest BCUT2D eigenvalue weighted by Gasteiger charge is -2.22. The molecular formula is C20H35O11P. The fraction of sp³-hybridized carbons (Fsp3) is 0.800. The van der Waals surface area contributed by atoms with Gasteiger partial charge in [0.2, 0.25) is 6.29 Å². The van der Waals surface area contributed by atoms with E-state index in [1.165, 1.54) is 38.5 Å². The van der Waals surface area contributed by atoms with E-state index >= 15 is 0 Å². The van der Waals surface area contributed by atoms with Gasteiger partial charge in [-0.3, -0.25) is 14.6 Å². The summed E-state index contributed by atoms with van der Waals surface area (Å²) in [4.78, 5) is 40.8. The number of hydrogen-bond donors (Lipinski definition) is 5. The Morgan fingerprint density at radius 3 is 2.00 bits per heavy atom. The first-order valence-corrected chi connectivity index (χ1v) is 12.5. The van der Waals surface area contributed by atoms with Crippen molar-refractivity contribution < 1.29 is 53.3 Å². The monoisotopic (exact) mass is 482 g/mol. The molecule has 0 aromatic carbocycles. The molecular weight excluding hydrogens is 447 g/mol. The maximum atomic E-state index is 11.8. The number of unbranched alkanes of at least 4 members (excludes halogenated alkanes) is 10. The second-order valence-corrected chi connectivity index (χ2v) is 8.94. The summed E-state index contributed by atoms with van der Waals surface area (Å²) in [6, 6.07) is 0. The molecule has 3 atom stereocenters.